The molecule has 214 valence electrons. The molecule has 2 heterocycles. The fraction of sp³-hybridized carbons (Fsp3) is 0.414. The highest BCUT2D eigenvalue weighted by molar-refractivity contribution is 8.00. The third kappa shape index (κ3) is 7.08. The number of pyridine rings is 1. The molecule has 1 aliphatic heterocycles. The van der Waals surface area contributed by atoms with Crippen molar-refractivity contribution in [3.8, 4) is 0 Å². The Hall–Kier alpha value is -2.82. The standard InChI is InChI=1S/C29H32ClF3N4O2S/c1-18(34)8-10-21(11-13-26(38)19-5-3-6-22(15-19)36-14-4-7-28(36)39)37(40-2)25-17-27(29(31,32)33)35-24-12-9-20(30)16-23(24)25/h3,5-6,9,12,15-18,21H,4,7-8,10-11,13-14,34H2,1-2H3. The van der Waals surface area contributed by atoms with Crippen LogP contribution < -0.4 is 14.9 Å². The number of hydrogen-bond donors (Lipinski definition) is 1. The number of carbonyl (C=O) groups is 2. The largest absolute Gasteiger partial charge is 0.433 e. The predicted molar refractivity (Wildman–Crippen MR) is 156 cm³/mol. The number of carbonyl (C=O) groups excluding carboxylic acids is 2. The quantitative estimate of drug-likeness (QED) is 0.186. The minimum Gasteiger partial charge on any atom is -0.328 e. The first-order chi connectivity index (χ1) is 19.0. The summed E-state index contributed by atoms with van der Waals surface area (Å²) in [6, 6.07) is 12.3. The fourth-order valence-electron chi connectivity index (χ4n) is 5.00. The van der Waals surface area contributed by atoms with Gasteiger partial charge in [-0.1, -0.05) is 35.7 Å². The smallest absolute Gasteiger partial charge is 0.328 e. The van der Waals surface area contributed by atoms with Crippen molar-refractivity contribution in [2.45, 2.75) is 63.7 Å². The van der Waals surface area contributed by atoms with E-state index < -0.39 is 11.9 Å². The first-order valence-corrected chi connectivity index (χ1v) is 14.7. The molecule has 1 fully saturated rings. The summed E-state index contributed by atoms with van der Waals surface area (Å²) in [6.45, 7) is 2.50. The molecule has 6 nitrogen and oxygen atoms in total. The third-order valence-electron chi connectivity index (χ3n) is 7.02. The summed E-state index contributed by atoms with van der Waals surface area (Å²) in [5.41, 5.74) is 6.77. The van der Waals surface area contributed by atoms with Gasteiger partial charge in [-0.2, -0.15) is 13.2 Å². The number of benzene rings is 2. The molecule has 2 atom stereocenters. The van der Waals surface area contributed by atoms with Gasteiger partial charge in [0.2, 0.25) is 5.91 Å². The second kappa shape index (κ2) is 12.8. The summed E-state index contributed by atoms with van der Waals surface area (Å²) in [4.78, 5) is 31.0. The monoisotopic (exact) mass is 592 g/mol. The van der Waals surface area contributed by atoms with Crippen molar-refractivity contribution in [3.63, 3.8) is 0 Å². The lowest BCUT2D eigenvalue weighted by atomic mass is 9.98. The van der Waals surface area contributed by atoms with Gasteiger partial charge in [-0.15, -0.1) is 0 Å². The molecular formula is C29H32ClF3N4O2S. The number of alkyl halides is 3. The molecule has 0 radical (unpaired) electrons. The minimum atomic E-state index is -4.63. The number of aromatic nitrogens is 1. The van der Waals surface area contributed by atoms with Gasteiger partial charge in [0.25, 0.3) is 0 Å². The molecule has 4 rings (SSSR count). The van der Waals surface area contributed by atoms with Crippen molar-refractivity contribution in [2.24, 2.45) is 5.73 Å². The molecule has 1 aromatic heterocycles. The van der Waals surface area contributed by atoms with Crippen LogP contribution in [0.3, 0.4) is 0 Å². The van der Waals surface area contributed by atoms with Crippen LogP contribution in [0.2, 0.25) is 5.02 Å². The molecule has 1 aliphatic rings. The first-order valence-electron chi connectivity index (χ1n) is 13.2. The van der Waals surface area contributed by atoms with E-state index in [-0.39, 0.29) is 35.7 Å². The van der Waals surface area contributed by atoms with Crippen LogP contribution in [-0.2, 0) is 11.0 Å². The molecule has 2 aromatic carbocycles. The molecule has 0 spiro atoms. The Bertz CT molecular complexity index is 1390. The number of nitrogens with two attached hydrogens (primary N) is 1. The van der Waals surface area contributed by atoms with Crippen LogP contribution in [0.1, 0.15) is 61.5 Å². The van der Waals surface area contributed by atoms with Gasteiger partial charge >= 0.3 is 6.18 Å². The van der Waals surface area contributed by atoms with Gasteiger partial charge in [0.05, 0.1) is 11.2 Å². The van der Waals surface area contributed by atoms with E-state index in [1.54, 1.807) is 35.4 Å². The lowest BCUT2D eigenvalue weighted by Gasteiger charge is -2.33. The molecular weight excluding hydrogens is 561 g/mol. The summed E-state index contributed by atoms with van der Waals surface area (Å²) in [5.74, 6) is -0.0574. The van der Waals surface area contributed by atoms with Crippen LogP contribution in [0, 0.1) is 0 Å². The molecule has 2 N–H and O–H groups in total. The highest BCUT2D eigenvalue weighted by Gasteiger charge is 2.35. The molecule has 0 saturated carbocycles. The Kier molecular flexibility index (Phi) is 9.64. The van der Waals surface area contributed by atoms with Crippen molar-refractivity contribution in [1.82, 2.24) is 4.98 Å². The number of rotatable bonds is 11. The van der Waals surface area contributed by atoms with Gasteiger partial charge in [-0.3, -0.25) is 9.59 Å². The Morgan fingerprint density at radius 3 is 2.60 bits per heavy atom. The highest BCUT2D eigenvalue weighted by atomic mass is 35.5. The van der Waals surface area contributed by atoms with E-state index in [1.807, 2.05) is 17.3 Å². The number of Topliss-reactive ketones (excluding diaryl/α,β-unsaturated/α-hetero) is 1. The lowest BCUT2D eigenvalue weighted by molar-refractivity contribution is -0.140. The van der Waals surface area contributed by atoms with Gasteiger partial charge in [0, 0.05) is 59.4 Å². The van der Waals surface area contributed by atoms with Crippen LogP contribution >= 0.6 is 23.5 Å². The minimum absolute atomic E-state index is 0.0408. The highest BCUT2D eigenvalue weighted by Crippen LogP contribution is 2.39. The lowest BCUT2D eigenvalue weighted by Crippen LogP contribution is -2.32. The van der Waals surface area contributed by atoms with E-state index in [1.165, 1.54) is 24.1 Å². The zero-order chi connectivity index (χ0) is 29.0. The van der Waals surface area contributed by atoms with Gasteiger partial charge in [-0.05, 0) is 69.0 Å². The maximum absolute atomic E-state index is 13.8. The van der Waals surface area contributed by atoms with Gasteiger partial charge < -0.3 is 14.9 Å². The van der Waals surface area contributed by atoms with E-state index in [0.717, 1.165) is 12.5 Å². The average Bonchev–Trinajstić information content (AvgIpc) is 3.35. The zero-order valence-corrected chi connectivity index (χ0v) is 24.0. The second-order valence-corrected chi connectivity index (χ2v) is 11.3. The maximum Gasteiger partial charge on any atom is 0.433 e. The number of fused-ring (bicyclic) bond motifs is 1. The van der Waals surface area contributed by atoms with Gasteiger partial charge in [0.15, 0.2) is 5.78 Å². The predicted octanol–water partition coefficient (Wildman–Crippen LogP) is 7.28. The van der Waals surface area contributed by atoms with Crippen molar-refractivity contribution < 1.29 is 22.8 Å². The zero-order valence-electron chi connectivity index (χ0n) is 22.4. The number of ketones is 1. The number of amides is 1. The van der Waals surface area contributed by atoms with E-state index >= 15 is 0 Å². The Morgan fingerprint density at radius 1 is 1.18 bits per heavy atom. The van der Waals surface area contributed by atoms with Crippen molar-refractivity contribution in [2.75, 3.05) is 22.0 Å². The topological polar surface area (TPSA) is 79.5 Å². The van der Waals surface area contributed by atoms with Crippen molar-refractivity contribution in [3.05, 3.63) is 64.8 Å². The molecule has 2 unspecified atom stereocenters. The first kappa shape index (κ1) is 30.1. The van der Waals surface area contributed by atoms with E-state index in [0.29, 0.717) is 59.6 Å². The third-order valence-corrected chi connectivity index (χ3v) is 8.14. The number of hydrogen-bond acceptors (Lipinski definition) is 6. The number of nitrogens with zero attached hydrogens (tertiary/aromatic N) is 3. The molecule has 11 heteroatoms. The molecule has 3 aromatic rings. The summed E-state index contributed by atoms with van der Waals surface area (Å²) in [7, 11) is 0. The van der Waals surface area contributed by atoms with Gasteiger partial charge in [-0.25, -0.2) is 4.98 Å². The SMILES string of the molecule is CSN(c1cc(C(F)(F)F)nc2ccc(Cl)cc12)C(CCC(=O)c1cccc(N2CCCC2=O)c1)CCC(C)N. The van der Waals surface area contributed by atoms with E-state index in [9.17, 15) is 22.8 Å². The average molecular weight is 593 g/mol. The van der Waals surface area contributed by atoms with E-state index in [4.69, 9.17) is 17.3 Å². The molecule has 0 bridgehead atoms. The second-order valence-electron chi connectivity index (χ2n) is 10.1. The number of halogens is 4. The Balaban J connectivity index is 1.64. The normalized spacial score (nSPS) is 15.5. The van der Waals surface area contributed by atoms with Crippen molar-refractivity contribution >= 4 is 57.5 Å². The number of anilines is 2. The Labute approximate surface area is 241 Å². The summed E-state index contributed by atoms with van der Waals surface area (Å²) < 4.78 is 43.2. The Morgan fingerprint density at radius 2 is 1.95 bits per heavy atom. The van der Waals surface area contributed by atoms with Crippen molar-refractivity contribution in [1.29, 1.82) is 0 Å². The van der Waals surface area contributed by atoms with Crippen LogP contribution in [0.15, 0.2) is 48.5 Å². The summed E-state index contributed by atoms with van der Waals surface area (Å²) >= 11 is 7.52. The summed E-state index contributed by atoms with van der Waals surface area (Å²) in [5, 5.41) is 0.880. The fourth-order valence-corrected chi connectivity index (χ4v) is 6.03. The molecule has 1 amide bonds. The van der Waals surface area contributed by atoms with E-state index in [2.05, 4.69) is 4.98 Å². The maximum atomic E-state index is 13.8. The van der Waals surface area contributed by atoms with Crippen LogP contribution in [-0.4, -0.2) is 41.6 Å². The van der Waals surface area contributed by atoms with Crippen LogP contribution in [0.5, 0.6) is 0 Å². The van der Waals surface area contributed by atoms with Crippen LogP contribution in [0.25, 0.3) is 10.9 Å². The molecule has 40 heavy (non-hydrogen) atoms. The van der Waals surface area contributed by atoms with Crippen LogP contribution in [0.4, 0.5) is 24.5 Å². The van der Waals surface area contributed by atoms with Gasteiger partial charge in [0.1, 0.15) is 5.69 Å². The summed E-state index contributed by atoms with van der Waals surface area (Å²) in [6.07, 6.45) is 0.201. The molecule has 0 aliphatic carbocycles. The molecule has 1 saturated heterocycles.